The van der Waals surface area contributed by atoms with Crippen molar-refractivity contribution in [1.82, 2.24) is 5.32 Å². The predicted molar refractivity (Wildman–Crippen MR) is 101 cm³/mol. The molecule has 1 aliphatic rings. The summed E-state index contributed by atoms with van der Waals surface area (Å²) >= 11 is 0. The number of fused-ring (bicyclic) bond motifs is 1. The second-order valence-corrected chi connectivity index (χ2v) is 6.09. The second kappa shape index (κ2) is 7.78. The lowest BCUT2D eigenvalue weighted by Crippen LogP contribution is -2.43. The van der Waals surface area contributed by atoms with Gasteiger partial charge in [-0.1, -0.05) is 12.1 Å². The van der Waals surface area contributed by atoms with Gasteiger partial charge in [-0.25, -0.2) is 0 Å². The molecule has 0 fully saturated rings. The number of anilines is 2. The SMILES string of the molecule is COc1ccc(C(N)=O)cc1NC(=O)C[C@@H]1NC(=O)c2ccccc2NC1=O. The average Bonchev–Trinajstić information content (AvgIpc) is 2.78. The van der Waals surface area contributed by atoms with Gasteiger partial charge in [0.15, 0.2) is 0 Å². The summed E-state index contributed by atoms with van der Waals surface area (Å²) in [5.74, 6) is -1.86. The summed E-state index contributed by atoms with van der Waals surface area (Å²) in [6.45, 7) is 0. The van der Waals surface area contributed by atoms with Crippen molar-refractivity contribution in [2.45, 2.75) is 12.5 Å². The molecule has 3 rings (SSSR count). The molecule has 9 heteroatoms. The third-order valence-electron chi connectivity index (χ3n) is 4.20. The van der Waals surface area contributed by atoms with Gasteiger partial charge in [0.1, 0.15) is 11.8 Å². The maximum atomic E-state index is 12.5. The van der Waals surface area contributed by atoms with Crippen LogP contribution in [0.2, 0.25) is 0 Å². The third kappa shape index (κ3) is 3.93. The Labute approximate surface area is 160 Å². The van der Waals surface area contributed by atoms with Gasteiger partial charge in [0, 0.05) is 5.56 Å². The number of carbonyl (C=O) groups excluding carboxylic acids is 4. The van der Waals surface area contributed by atoms with Crippen molar-refractivity contribution < 1.29 is 23.9 Å². The lowest BCUT2D eigenvalue weighted by molar-refractivity contribution is -0.122. The molecule has 0 unspecified atom stereocenters. The first-order chi connectivity index (χ1) is 13.4. The van der Waals surface area contributed by atoms with Crippen molar-refractivity contribution in [1.29, 1.82) is 0 Å². The van der Waals surface area contributed by atoms with Gasteiger partial charge in [-0.3, -0.25) is 19.2 Å². The molecule has 0 saturated heterocycles. The van der Waals surface area contributed by atoms with Gasteiger partial charge < -0.3 is 26.4 Å². The third-order valence-corrected chi connectivity index (χ3v) is 4.20. The van der Waals surface area contributed by atoms with E-state index in [9.17, 15) is 19.2 Å². The summed E-state index contributed by atoms with van der Waals surface area (Å²) < 4.78 is 5.16. The fourth-order valence-electron chi connectivity index (χ4n) is 2.80. The zero-order chi connectivity index (χ0) is 20.3. The van der Waals surface area contributed by atoms with Crippen LogP contribution < -0.4 is 26.4 Å². The van der Waals surface area contributed by atoms with E-state index >= 15 is 0 Å². The highest BCUT2D eigenvalue weighted by Crippen LogP contribution is 2.26. The van der Waals surface area contributed by atoms with Crippen LogP contribution >= 0.6 is 0 Å². The van der Waals surface area contributed by atoms with Crippen molar-refractivity contribution in [2.75, 3.05) is 17.7 Å². The molecular weight excluding hydrogens is 364 g/mol. The van der Waals surface area contributed by atoms with E-state index in [2.05, 4.69) is 16.0 Å². The molecule has 9 nitrogen and oxygen atoms in total. The molecule has 0 spiro atoms. The Morgan fingerprint density at radius 2 is 1.93 bits per heavy atom. The number of nitrogens with two attached hydrogens (primary N) is 1. The molecule has 0 radical (unpaired) electrons. The van der Waals surface area contributed by atoms with Crippen LogP contribution in [0.25, 0.3) is 0 Å². The van der Waals surface area contributed by atoms with Crippen LogP contribution in [0.4, 0.5) is 11.4 Å². The molecule has 0 bridgehead atoms. The minimum atomic E-state index is -1.06. The molecule has 1 heterocycles. The number of primary amides is 1. The Morgan fingerprint density at radius 3 is 2.64 bits per heavy atom. The van der Waals surface area contributed by atoms with E-state index in [0.717, 1.165) is 0 Å². The van der Waals surface area contributed by atoms with Crippen LogP contribution in [-0.4, -0.2) is 36.8 Å². The smallest absolute Gasteiger partial charge is 0.254 e. The summed E-state index contributed by atoms with van der Waals surface area (Å²) in [6.07, 6.45) is -0.310. The largest absolute Gasteiger partial charge is 0.495 e. The highest BCUT2D eigenvalue weighted by molar-refractivity contribution is 6.11. The van der Waals surface area contributed by atoms with Gasteiger partial charge in [0.05, 0.1) is 30.5 Å². The van der Waals surface area contributed by atoms with Gasteiger partial charge in [0.2, 0.25) is 17.7 Å². The van der Waals surface area contributed by atoms with Crippen LogP contribution in [0.3, 0.4) is 0 Å². The minimum absolute atomic E-state index is 0.187. The Balaban J connectivity index is 1.75. The Morgan fingerprint density at radius 1 is 1.18 bits per heavy atom. The molecular formula is C19H18N4O5. The molecule has 5 N–H and O–H groups in total. The van der Waals surface area contributed by atoms with Gasteiger partial charge >= 0.3 is 0 Å². The van der Waals surface area contributed by atoms with Gasteiger partial charge in [-0.15, -0.1) is 0 Å². The number of benzene rings is 2. The molecule has 4 amide bonds. The monoisotopic (exact) mass is 382 g/mol. The van der Waals surface area contributed by atoms with E-state index in [4.69, 9.17) is 10.5 Å². The number of para-hydroxylation sites is 1. The number of methoxy groups -OCH3 is 1. The second-order valence-electron chi connectivity index (χ2n) is 6.09. The first-order valence-corrected chi connectivity index (χ1v) is 8.37. The fraction of sp³-hybridized carbons (Fsp3) is 0.158. The van der Waals surface area contributed by atoms with Gasteiger partial charge in [-0.05, 0) is 30.3 Å². The quantitative estimate of drug-likeness (QED) is 0.608. The first-order valence-electron chi connectivity index (χ1n) is 8.37. The number of hydrogen-bond donors (Lipinski definition) is 4. The molecule has 144 valence electrons. The average molecular weight is 382 g/mol. The van der Waals surface area contributed by atoms with Crippen molar-refractivity contribution in [3.63, 3.8) is 0 Å². The number of amides is 4. The zero-order valence-corrected chi connectivity index (χ0v) is 14.9. The fourth-order valence-corrected chi connectivity index (χ4v) is 2.80. The molecule has 2 aromatic rings. The van der Waals surface area contributed by atoms with Crippen molar-refractivity contribution in [2.24, 2.45) is 5.73 Å². The van der Waals surface area contributed by atoms with Crippen LogP contribution in [0.5, 0.6) is 5.75 Å². The number of rotatable bonds is 5. The van der Waals surface area contributed by atoms with Gasteiger partial charge in [0.25, 0.3) is 5.91 Å². The van der Waals surface area contributed by atoms with Crippen molar-refractivity contribution in [3.8, 4) is 5.75 Å². The van der Waals surface area contributed by atoms with Crippen molar-refractivity contribution >= 4 is 35.0 Å². The standard InChI is InChI=1S/C19H18N4O5/c1-28-15-7-6-10(17(20)25)8-13(15)21-16(24)9-14-19(27)22-12-5-3-2-4-11(12)18(26)23-14/h2-8,14H,9H2,1H3,(H2,20,25)(H,21,24)(H,22,27)(H,23,26)/t14-/m0/s1. The Bertz CT molecular complexity index is 973. The summed E-state index contributed by atoms with van der Waals surface area (Å²) in [7, 11) is 1.41. The molecule has 28 heavy (non-hydrogen) atoms. The summed E-state index contributed by atoms with van der Waals surface area (Å²) in [6, 6.07) is 9.82. The maximum Gasteiger partial charge on any atom is 0.254 e. The lowest BCUT2D eigenvalue weighted by Gasteiger charge is -2.16. The molecule has 0 aliphatic carbocycles. The minimum Gasteiger partial charge on any atom is -0.495 e. The number of carbonyl (C=O) groups is 4. The van der Waals surface area contributed by atoms with E-state index in [0.29, 0.717) is 17.0 Å². The zero-order valence-electron chi connectivity index (χ0n) is 14.9. The van der Waals surface area contributed by atoms with Crippen LogP contribution in [0, 0.1) is 0 Å². The number of hydrogen-bond acceptors (Lipinski definition) is 5. The molecule has 1 aliphatic heterocycles. The molecule has 0 aromatic heterocycles. The summed E-state index contributed by atoms with van der Waals surface area (Å²) in [5.41, 5.74) is 6.36. The van der Waals surface area contributed by atoms with Crippen LogP contribution in [0.1, 0.15) is 27.1 Å². The van der Waals surface area contributed by atoms with E-state index in [1.807, 2.05) is 0 Å². The molecule has 1 atom stereocenters. The number of ether oxygens (including phenoxy) is 1. The van der Waals surface area contributed by atoms with Crippen LogP contribution in [-0.2, 0) is 9.59 Å². The van der Waals surface area contributed by atoms with Crippen LogP contribution in [0.15, 0.2) is 42.5 Å². The number of nitrogens with one attached hydrogen (secondary N) is 3. The van der Waals surface area contributed by atoms with E-state index in [-0.39, 0.29) is 17.7 Å². The highest BCUT2D eigenvalue weighted by Gasteiger charge is 2.29. The Kier molecular flexibility index (Phi) is 5.25. The van der Waals surface area contributed by atoms with Gasteiger partial charge in [-0.2, -0.15) is 0 Å². The lowest BCUT2D eigenvalue weighted by atomic mass is 10.1. The Hall–Kier alpha value is -3.88. The van der Waals surface area contributed by atoms with E-state index < -0.39 is 29.7 Å². The first kappa shape index (κ1) is 18.9. The summed E-state index contributed by atoms with van der Waals surface area (Å²) in [5, 5.41) is 7.75. The molecule has 0 saturated carbocycles. The molecule has 2 aromatic carbocycles. The van der Waals surface area contributed by atoms with E-state index in [1.165, 1.54) is 25.3 Å². The predicted octanol–water partition coefficient (Wildman–Crippen LogP) is 0.873. The van der Waals surface area contributed by atoms with Crippen molar-refractivity contribution in [3.05, 3.63) is 53.6 Å². The summed E-state index contributed by atoms with van der Waals surface area (Å²) in [4.78, 5) is 48.5. The van der Waals surface area contributed by atoms with E-state index in [1.54, 1.807) is 24.3 Å². The normalized spacial score (nSPS) is 15.5. The highest BCUT2D eigenvalue weighted by atomic mass is 16.5. The maximum absolute atomic E-state index is 12.5. The topological polar surface area (TPSA) is 140 Å².